The summed E-state index contributed by atoms with van der Waals surface area (Å²) in [5.41, 5.74) is 2.68. The van der Waals surface area contributed by atoms with Crippen molar-refractivity contribution in [2.75, 3.05) is 36.0 Å². The van der Waals surface area contributed by atoms with Gasteiger partial charge in [0, 0.05) is 43.4 Å². The van der Waals surface area contributed by atoms with Crippen LogP contribution in [0.1, 0.15) is 17.3 Å². The molecule has 29 heavy (non-hydrogen) atoms. The average Bonchev–Trinajstić information content (AvgIpc) is 2.74. The summed E-state index contributed by atoms with van der Waals surface area (Å²) in [5, 5.41) is 0. The van der Waals surface area contributed by atoms with Crippen molar-refractivity contribution in [3.8, 4) is 11.3 Å². The number of carbonyl (C=O) groups is 1. The third kappa shape index (κ3) is 4.08. The molecule has 0 radical (unpaired) electrons. The summed E-state index contributed by atoms with van der Waals surface area (Å²) in [6, 6.07) is 10.9. The second-order valence-corrected chi connectivity index (χ2v) is 6.97. The number of benzene rings is 2. The van der Waals surface area contributed by atoms with E-state index in [1.54, 1.807) is 24.5 Å². The van der Waals surface area contributed by atoms with Crippen molar-refractivity contribution >= 4 is 17.3 Å². The van der Waals surface area contributed by atoms with E-state index >= 15 is 0 Å². The predicted octanol–water partition coefficient (Wildman–Crippen LogP) is 3.95. The highest BCUT2D eigenvalue weighted by atomic mass is 19.1. The second-order valence-electron chi connectivity index (χ2n) is 6.97. The lowest BCUT2D eigenvalue weighted by Crippen LogP contribution is -2.47. The van der Waals surface area contributed by atoms with Crippen LogP contribution < -0.4 is 9.80 Å². The maximum atomic E-state index is 14.0. The molecule has 0 unspecified atom stereocenters. The van der Waals surface area contributed by atoms with Gasteiger partial charge in [-0.1, -0.05) is 24.3 Å². The topological polar surface area (TPSA) is 49.3 Å². The number of piperazine rings is 1. The molecule has 7 heteroatoms. The Morgan fingerprint density at radius 1 is 0.931 bits per heavy atom. The molecule has 0 amide bonds. The molecule has 1 aliphatic heterocycles. The summed E-state index contributed by atoms with van der Waals surface area (Å²) in [4.78, 5) is 24.5. The minimum absolute atomic E-state index is 0.0202. The first-order valence-corrected chi connectivity index (χ1v) is 9.39. The third-order valence-electron chi connectivity index (χ3n) is 5.06. The van der Waals surface area contributed by atoms with Crippen molar-refractivity contribution in [1.29, 1.82) is 0 Å². The molecule has 0 bridgehead atoms. The molecule has 2 aromatic carbocycles. The van der Waals surface area contributed by atoms with Crippen molar-refractivity contribution in [3.05, 3.63) is 72.1 Å². The number of ketones is 1. The van der Waals surface area contributed by atoms with E-state index in [1.807, 2.05) is 17.0 Å². The zero-order valence-electron chi connectivity index (χ0n) is 16.0. The number of carbonyl (C=O) groups excluding carboxylic acids is 1. The van der Waals surface area contributed by atoms with E-state index < -0.39 is 11.6 Å². The van der Waals surface area contributed by atoms with Crippen LogP contribution in [0.2, 0.25) is 0 Å². The molecular weight excluding hydrogens is 374 g/mol. The summed E-state index contributed by atoms with van der Waals surface area (Å²) < 4.78 is 27.2. The number of nitrogens with zero attached hydrogens (tertiary/aromatic N) is 4. The summed E-state index contributed by atoms with van der Waals surface area (Å²) in [6.07, 6.45) is 3.40. The van der Waals surface area contributed by atoms with Gasteiger partial charge in [0.1, 0.15) is 17.5 Å². The Hall–Kier alpha value is -3.35. The Labute approximate surface area is 167 Å². The molecule has 0 N–H and O–H groups in total. The van der Waals surface area contributed by atoms with Gasteiger partial charge in [0.05, 0.1) is 23.8 Å². The average molecular weight is 394 g/mol. The summed E-state index contributed by atoms with van der Waals surface area (Å²) in [5.74, 6) is -0.355. The van der Waals surface area contributed by atoms with Crippen LogP contribution in [0.15, 0.2) is 54.9 Å². The predicted molar refractivity (Wildman–Crippen MR) is 108 cm³/mol. The van der Waals surface area contributed by atoms with Crippen LogP contribution in [-0.2, 0) is 0 Å². The lowest BCUT2D eigenvalue weighted by atomic mass is 10.1. The number of hydrogen-bond donors (Lipinski definition) is 0. The van der Waals surface area contributed by atoms with Crippen LogP contribution in [0.25, 0.3) is 11.3 Å². The van der Waals surface area contributed by atoms with Gasteiger partial charge in [-0.25, -0.2) is 13.8 Å². The SMILES string of the molecule is CC(=O)c1ccc(-c2cncc(N3CCN(c4ccc(F)cc4F)CC3)n2)cc1. The molecule has 0 saturated carbocycles. The fraction of sp³-hybridized carbons (Fsp3) is 0.227. The van der Waals surface area contributed by atoms with Gasteiger partial charge >= 0.3 is 0 Å². The Morgan fingerprint density at radius 2 is 1.62 bits per heavy atom. The molecule has 5 nitrogen and oxygen atoms in total. The minimum Gasteiger partial charge on any atom is -0.366 e. The lowest BCUT2D eigenvalue weighted by Gasteiger charge is -2.36. The first-order chi connectivity index (χ1) is 14.0. The van der Waals surface area contributed by atoms with Gasteiger partial charge in [-0.05, 0) is 19.1 Å². The zero-order chi connectivity index (χ0) is 20.4. The van der Waals surface area contributed by atoms with Crippen molar-refractivity contribution in [1.82, 2.24) is 9.97 Å². The number of aromatic nitrogens is 2. The second kappa shape index (κ2) is 7.95. The number of halogens is 2. The molecule has 1 fully saturated rings. The zero-order valence-corrected chi connectivity index (χ0v) is 16.0. The third-order valence-corrected chi connectivity index (χ3v) is 5.06. The first kappa shape index (κ1) is 19.0. The van der Waals surface area contributed by atoms with E-state index in [0.717, 1.165) is 23.1 Å². The lowest BCUT2D eigenvalue weighted by molar-refractivity contribution is 0.101. The molecule has 0 spiro atoms. The monoisotopic (exact) mass is 394 g/mol. The maximum absolute atomic E-state index is 14.0. The van der Waals surface area contributed by atoms with E-state index in [-0.39, 0.29) is 5.78 Å². The summed E-state index contributed by atoms with van der Waals surface area (Å²) in [7, 11) is 0. The van der Waals surface area contributed by atoms with Crippen LogP contribution in [-0.4, -0.2) is 41.9 Å². The van der Waals surface area contributed by atoms with Crippen molar-refractivity contribution in [3.63, 3.8) is 0 Å². The van der Waals surface area contributed by atoms with Gasteiger partial charge in [0.2, 0.25) is 0 Å². The van der Waals surface area contributed by atoms with Crippen LogP contribution in [0, 0.1) is 11.6 Å². The largest absolute Gasteiger partial charge is 0.366 e. The molecule has 3 aromatic rings. The fourth-order valence-electron chi connectivity index (χ4n) is 3.44. The van der Waals surface area contributed by atoms with E-state index in [2.05, 4.69) is 9.88 Å². The first-order valence-electron chi connectivity index (χ1n) is 9.39. The van der Waals surface area contributed by atoms with E-state index in [4.69, 9.17) is 4.98 Å². The van der Waals surface area contributed by atoms with Gasteiger partial charge in [0.15, 0.2) is 5.78 Å². The summed E-state index contributed by atoms with van der Waals surface area (Å²) in [6.45, 7) is 4.03. The van der Waals surface area contributed by atoms with Crippen molar-refractivity contribution in [2.24, 2.45) is 0 Å². The van der Waals surface area contributed by atoms with Gasteiger partial charge in [0.25, 0.3) is 0 Å². The van der Waals surface area contributed by atoms with Crippen LogP contribution >= 0.6 is 0 Å². The fourth-order valence-corrected chi connectivity index (χ4v) is 3.44. The molecule has 148 valence electrons. The highest BCUT2D eigenvalue weighted by molar-refractivity contribution is 5.94. The molecule has 0 aliphatic carbocycles. The van der Waals surface area contributed by atoms with Crippen LogP contribution in [0.5, 0.6) is 0 Å². The summed E-state index contributed by atoms with van der Waals surface area (Å²) >= 11 is 0. The normalized spacial score (nSPS) is 14.2. The van der Waals surface area contributed by atoms with Gasteiger partial charge < -0.3 is 9.80 Å². The Kier molecular flexibility index (Phi) is 5.20. The standard InChI is InChI=1S/C22H20F2N4O/c1-15(29)16-2-4-17(5-3-16)20-13-25-14-22(26-20)28-10-8-27(9-11-28)21-7-6-18(23)12-19(21)24/h2-7,12-14H,8-11H2,1H3. The smallest absolute Gasteiger partial charge is 0.159 e. The molecular formula is C22H20F2N4O. The number of rotatable bonds is 4. The molecule has 1 aliphatic rings. The highest BCUT2D eigenvalue weighted by Gasteiger charge is 2.21. The minimum atomic E-state index is -0.576. The molecule has 2 heterocycles. The molecule has 0 atom stereocenters. The van der Waals surface area contributed by atoms with Gasteiger partial charge in [-0.2, -0.15) is 0 Å². The van der Waals surface area contributed by atoms with Crippen molar-refractivity contribution < 1.29 is 13.6 Å². The van der Waals surface area contributed by atoms with Crippen molar-refractivity contribution in [2.45, 2.75) is 6.92 Å². The highest BCUT2D eigenvalue weighted by Crippen LogP contribution is 2.24. The molecule has 1 aromatic heterocycles. The Morgan fingerprint density at radius 3 is 2.28 bits per heavy atom. The van der Waals surface area contributed by atoms with E-state index in [1.165, 1.54) is 19.1 Å². The van der Waals surface area contributed by atoms with Crippen LogP contribution in [0.4, 0.5) is 20.3 Å². The van der Waals surface area contributed by atoms with Gasteiger partial charge in [-0.3, -0.25) is 9.78 Å². The van der Waals surface area contributed by atoms with Crippen LogP contribution in [0.3, 0.4) is 0 Å². The number of anilines is 2. The Balaban J connectivity index is 1.47. The maximum Gasteiger partial charge on any atom is 0.159 e. The number of Topliss-reactive ketones (excluding diaryl/α,β-unsaturated/α-hetero) is 1. The number of hydrogen-bond acceptors (Lipinski definition) is 5. The molecule has 1 saturated heterocycles. The Bertz CT molecular complexity index is 1030. The van der Waals surface area contributed by atoms with E-state index in [0.29, 0.717) is 37.4 Å². The molecule has 4 rings (SSSR count). The quantitative estimate of drug-likeness (QED) is 0.627. The van der Waals surface area contributed by atoms with E-state index in [9.17, 15) is 13.6 Å². The van der Waals surface area contributed by atoms with Gasteiger partial charge in [-0.15, -0.1) is 0 Å².